The third-order valence-corrected chi connectivity index (χ3v) is 4.49. The number of methoxy groups -OCH3 is 1. The molecule has 0 bridgehead atoms. The average Bonchev–Trinajstić information content (AvgIpc) is 3.01. The Bertz CT molecular complexity index is 643. The standard InChI is InChI=1S/C13H17N3O3S2/c1-13(2,3)16-11(10-8(19-4)5-6-20-10)14-15-12(16)21-7-9(17)18/h5-6H,7H2,1-4H3,(H,17,18). The molecule has 0 aliphatic heterocycles. The normalized spacial score (nSPS) is 11.6. The van der Waals surface area contributed by atoms with Gasteiger partial charge in [-0.05, 0) is 32.2 Å². The largest absolute Gasteiger partial charge is 0.495 e. The Balaban J connectivity index is 2.49. The van der Waals surface area contributed by atoms with E-state index in [9.17, 15) is 4.79 Å². The van der Waals surface area contributed by atoms with Gasteiger partial charge in [-0.15, -0.1) is 21.5 Å². The Labute approximate surface area is 131 Å². The Kier molecular flexibility index (Phi) is 4.58. The van der Waals surface area contributed by atoms with Crippen LogP contribution in [0.5, 0.6) is 5.75 Å². The lowest BCUT2D eigenvalue weighted by Crippen LogP contribution is -2.24. The van der Waals surface area contributed by atoms with E-state index < -0.39 is 5.97 Å². The minimum absolute atomic E-state index is 0.0458. The van der Waals surface area contributed by atoms with Crippen LogP contribution in [0.25, 0.3) is 10.7 Å². The molecule has 0 atom stereocenters. The second-order valence-electron chi connectivity index (χ2n) is 5.31. The van der Waals surface area contributed by atoms with Gasteiger partial charge in [0.2, 0.25) is 0 Å². The van der Waals surface area contributed by atoms with E-state index in [-0.39, 0.29) is 11.3 Å². The number of ether oxygens (including phenoxy) is 1. The van der Waals surface area contributed by atoms with Gasteiger partial charge in [0.15, 0.2) is 11.0 Å². The molecule has 0 aliphatic carbocycles. The van der Waals surface area contributed by atoms with E-state index in [0.29, 0.717) is 11.0 Å². The van der Waals surface area contributed by atoms with Gasteiger partial charge in [0.25, 0.3) is 0 Å². The van der Waals surface area contributed by atoms with Crippen LogP contribution in [0, 0.1) is 0 Å². The van der Waals surface area contributed by atoms with Crippen LogP contribution in [0.15, 0.2) is 16.6 Å². The first-order valence-electron chi connectivity index (χ1n) is 6.27. The van der Waals surface area contributed by atoms with Gasteiger partial charge in [0, 0.05) is 5.54 Å². The maximum atomic E-state index is 10.8. The minimum atomic E-state index is -0.876. The zero-order chi connectivity index (χ0) is 15.6. The van der Waals surface area contributed by atoms with Gasteiger partial charge in [0.1, 0.15) is 10.6 Å². The summed E-state index contributed by atoms with van der Waals surface area (Å²) in [6, 6.07) is 1.88. The molecule has 2 rings (SSSR count). The molecular formula is C13H17N3O3S2. The highest BCUT2D eigenvalue weighted by Gasteiger charge is 2.26. The van der Waals surface area contributed by atoms with E-state index in [1.54, 1.807) is 7.11 Å². The lowest BCUT2D eigenvalue weighted by atomic mass is 10.1. The summed E-state index contributed by atoms with van der Waals surface area (Å²) in [4.78, 5) is 11.7. The molecule has 0 radical (unpaired) electrons. The lowest BCUT2D eigenvalue weighted by Gasteiger charge is -2.24. The summed E-state index contributed by atoms with van der Waals surface area (Å²) in [7, 11) is 1.61. The van der Waals surface area contributed by atoms with Crippen molar-refractivity contribution in [1.82, 2.24) is 14.8 Å². The number of hydrogen-bond donors (Lipinski definition) is 1. The fourth-order valence-electron chi connectivity index (χ4n) is 1.86. The Morgan fingerprint density at radius 2 is 2.19 bits per heavy atom. The number of nitrogens with zero attached hydrogens (tertiary/aromatic N) is 3. The Hall–Kier alpha value is -1.54. The highest BCUT2D eigenvalue weighted by atomic mass is 32.2. The molecule has 0 aromatic carbocycles. The highest BCUT2D eigenvalue weighted by Crippen LogP contribution is 2.38. The van der Waals surface area contributed by atoms with Crippen LogP contribution in [0.1, 0.15) is 20.8 Å². The fourth-order valence-corrected chi connectivity index (χ4v) is 3.54. The number of hydrogen-bond acceptors (Lipinski definition) is 6. The second kappa shape index (κ2) is 6.07. The number of aromatic nitrogens is 3. The van der Waals surface area contributed by atoms with Gasteiger partial charge in [-0.2, -0.15) is 0 Å². The summed E-state index contributed by atoms with van der Waals surface area (Å²) in [6.45, 7) is 6.10. The van der Waals surface area contributed by atoms with Crippen LogP contribution in [0.2, 0.25) is 0 Å². The van der Waals surface area contributed by atoms with Crippen molar-refractivity contribution in [3.63, 3.8) is 0 Å². The number of carboxylic acids is 1. The Morgan fingerprint density at radius 3 is 2.76 bits per heavy atom. The molecular weight excluding hydrogens is 310 g/mol. The molecule has 114 valence electrons. The molecule has 0 spiro atoms. The smallest absolute Gasteiger partial charge is 0.313 e. The molecule has 0 saturated carbocycles. The van der Waals surface area contributed by atoms with Crippen molar-refractivity contribution in [1.29, 1.82) is 0 Å². The van der Waals surface area contributed by atoms with Crippen molar-refractivity contribution < 1.29 is 14.6 Å². The molecule has 21 heavy (non-hydrogen) atoms. The van der Waals surface area contributed by atoms with Crippen LogP contribution in [-0.4, -0.2) is 38.7 Å². The molecule has 0 saturated heterocycles. The molecule has 1 N–H and O–H groups in total. The van der Waals surface area contributed by atoms with Gasteiger partial charge >= 0.3 is 5.97 Å². The second-order valence-corrected chi connectivity index (χ2v) is 7.17. The van der Waals surface area contributed by atoms with Crippen LogP contribution in [0.3, 0.4) is 0 Å². The van der Waals surface area contributed by atoms with Crippen LogP contribution in [-0.2, 0) is 10.3 Å². The molecule has 0 unspecified atom stereocenters. The molecule has 2 aromatic heterocycles. The maximum Gasteiger partial charge on any atom is 0.313 e. The average molecular weight is 327 g/mol. The van der Waals surface area contributed by atoms with Gasteiger partial charge < -0.3 is 9.84 Å². The third kappa shape index (κ3) is 3.38. The van der Waals surface area contributed by atoms with E-state index in [4.69, 9.17) is 9.84 Å². The minimum Gasteiger partial charge on any atom is -0.495 e. The van der Waals surface area contributed by atoms with Crippen molar-refractivity contribution >= 4 is 29.1 Å². The lowest BCUT2D eigenvalue weighted by molar-refractivity contribution is -0.133. The van der Waals surface area contributed by atoms with Crippen molar-refractivity contribution in [3.05, 3.63) is 11.4 Å². The molecule has 0 fully saturated rings. The monoisotopic (exact) mass is 327 g/mol. The summed E-state index contributed by atoms with van der Waals surface area (Å²) in [5.74, 6) is 0.518. The maximum absolute atomic E-state index is 10.8. The summed E-state index contributed by atoms with van der Waals surface area (Å²) in [6.07, 6.45) is 0. The number of thiophene rings is 1. The number of carboxylic acid groups (broad SMARTS) is 1. The quantitative estimate of drug-likeness (QED) is 0.851. The van der Waals surface area contributed by atoms with Crippen molar-refractivity contribution in [2.75, 3.05) is 12.9 Å². The summed E-state index contributed by atoms with van der Waals surface area (Å²) >= 11 is 2.69. The van der Waals surface area contributed by atoms with E-state index in [1.165, 1.54) is 23.1 Å². The Morgan fingerprint density at radius 1 is 1.48 bits per heavy atom. The van der Waals surface area contributed by atoms with Gasteiger partial charge in [0.05, 0.1) is 12.9 Å². The first-order valence-corrected chi connectivity index (χ1v) is 8.13. The van der Waals surface area contributed by atoms with Gasteiger partial charge in [-0.3, -0.25) is 9.36 Å². The number of carbonyl (C=O) groups is 1. The first kappa shape index (κ1) is 15.8. The summed E-state index contributed by atoms with van der Waals surface area (Å²) < 4.78 is 7.30. The highest BCUT2D eigenvalue weighted by molar-refractivity contribution is 7.99. The summed E-state index contributed by atoms with van der Waals surface area (Å²) in [5, 5.41) is 19.8. The fraction of sp³-hybridized carbons (Fsp3) is 0.462. The zero-order valence-electron chi connectivity index (χ0n) is 12.3. The molecule has 0 amide bonds. The molecule has 2 aromatic rings. The van der Waals surface area contributed by atoms with Gasteiger partial charge in [-0.1, -0.05) is 11.8 Å². The van der Waals surface area contributed by atoms with Crippen LogP contribution >= 0.6 is 23.1 Å². The SMILES string of the molecule is COc1ccsc1-c1nnc(SCC(=O)O)n1C(C)(C)C. The van der Waals surface area contributed by atoms with E-state index in [2.05, 4.69) is 10.2 Å². The number of aliphatic carboxylic acids is 1. The number of thioether (sulfide) groups is 1. The molecule has 0 aliphatic rings. The van der Waals surface area contributed by atoms with Crippen molar-refractivity contribution in [3.8, 4) is 16.5 Å². The van der Waals surface area contributed by atoms with Crippen LogP contribution in [0.4, 0.5) is 0 Å². The van der Waals surface area contributed by atoms with E-state index in [1.807, 2.05) is 36.8 Å². The number of rotatable bonds is 5. The van der Waals surface area contributed by atoms with Gasteiger partial charge in [-0.25, -0.2) is 0 Å². The first-order chi connectivity index (χ1) is 9.84. The van der Waals surface area contributed by atoms with Crippen molar-refractivity contribution in [2.45, 2.75) is 31.5 Å². The van der Waals surface area contributed by atoms with E-state index >= 15 is 0 Å². The molecule has 2 heterocycles. The predicted molar refractivity (Wildman–Crippen MR) is 83.2 cm³/mol. The van der Waals surface area contributed by atoms with Crippen LogP contribution < -0.4 is 4.74 Å². The molecule has 8 heteroatoms. The van der Waals surface area contributed by atoms with E-state index in [0.717, 1.165) is 10.6 Å². The predicted octanol–water partition coefficient (Wildman–Crippen LogP) is 2.95. The zero-order valence-corrected chi connectivity index (χ0v) is 13.9. The van der Waals surface area contributed by atoms with Crippen molar-refractivity contribution in [2.24, 2.45) is 0 Å². The summed E-state index contributed by atoms with van der Waals surface area (Å²) in [5.41, 5.74) is -0.269. The molecule has 6 nitrogen and oxygen atoms in total. The topological polar surface area (TPSA) is 77.2 Å². The third-order valence-electron chi connectivity index (χ3n) is 2.68.